The second-order valence-electron chi connectivity index (χ2n) is 9.24. The predicted molar refractivity (Wildman–Crippen MR) is 150 cm³/mol. The highest BCUT2D eigenvalue weighted by molar-refractivity contribution is 6.27. The van der Waals surface area contributed by atoms with Crippen molar-refractivity contribution >= 4 is 34.2 Å². The predicted octanol–water partition coefficient (Wildman–Crippen LogP) is 3.98. The molecule has 9 heteroatoms. The van der Waals surface area contributed by atoms with E-state index in [1.54, 1.807) is 0 Å². The Kier molecular flexibility index (Phi) is 9.55. The molecule has 0 radical (unpaired) electrons. The molecule has 1 aromatic heterocycles. The van der Waals surface area contributed by atoms with Gasteiger partial charge in [0.15, 0.2) is 0 Å². The van der Waals surface area contributed by atoms with E-state index < -0.39 is 18.0 Å². The van der Waals surface area contributed by atoms with Crippen LogP contribution in [0.1, 0.15) is 17.5 Å². The van der Waals surface area contributed by atoms with Crippen LogP contribution >= 0.6 is 0 Å². The summed E-state index contributed by atoms with van der Waals surface area (Å²) in [6.45, 7) is 2.55. The number of aromatic nitrogens is 1. The lowest BCUT2D eigenvalue weighted by molar-refractivity contribution is -0.159. The van der Waals surface area contributed by atoms with E-state index in [2.05, 4.69) is 63.7 Å². The number of aliphatic carboxylic acids is 2. The number of carboxylic acids is 2. The van der Waals surface area contributed by atoms with Crippen molar-refractivity contribution in [2.24, 2.45) is 0 Å². The maximum Gasteiger partial charge on any atom is 0.414 e. The van der Waals surface area contributed by atoms with Gasteiger partial charge in [-0.2, -0.15) is 0 Å². The average molecular weight is 532 g/mol. The second kappa shape index (κ2) is 13.5. The minimum atomic E-state index is -1.82. The molecule has 0 amide bonds. The van der Waals surface area contributed by atoms with E-state index in [1.807, 2.05) is 30.5 Å². The Hall–Kier alpha value is -4.34. The Bertz CT molecular complexity index is 1340. The quantitative estimate of drug-likeness (QED) is 0.162. The van der Waals surface area contributed by atoms with E-state index in [4.69, 9.17) is 24.5 Å². The number of H-pyrrole nitrogens is 1. The zero-order chi connectivity index (χ0) is 27.6. The smallest absolute Gasteiger partial charge is 0.414 e. The number of aliphatic hydroxyl groups excluding tert-OH is 1. The molecule has 1 atom stereocenters. The number of carboxylic acid groups (broad SMARTS) is 2. The maximum atomic E-state index is 10.4. The van der Waals surface area contributed by atoms with Crippen LogP contribution in [0.15, 0.2) is 79.0 Å². The van der Waals surface area contributed by atoms with Crippen molar-refractivity contribution in [3.8, 4) is 5.75 Å². The molecular formula is C30H33N3O6. The van der Waals surface area contributed by atoms with Gasteiger partial charge in [-0.15, -0.1) is 0 Å². The van der Waals surface area contributed by atoms with Crippen molar-refractivity contribution in [2.75, 3.05) is 31.1 Å². The Morgan fingerprint density at radius 1 is 0.897 bits per heavy atom. The number of aliphatic hydroxyl groups is 1. The van der Waals surface area contributed by atoms with Gasteiger partial charge in [0.1, 0.15) is 18.5 Å². The summed E-state index contributed by atoms with van der Waals surface area (Å²) in [5, 5.41) is 29.6. The number of rotatable bonds is 9. The van der Waals surface area contributed by atoms with Crippen molar-refractivity contribution in [1.82, 2.24) is 10.3 Å². The summed E-state index contributed by atoms with van der Waals surface area (Å²) in [5.41, 5.74) is 6.49. The summed E-state index contributed by atoms with van der Waals surface area (Å²) in [6, 6.07) is 25.4. The number of aromatic amines is 1. The molecule has 2 heterocycles. The van der Waals surface area contributed by atoms with Gasteiger partial charge in [0, 0.05) is 41.6 Å². The molecule has 9 nitrogen and oxygen atoms in total. The number of fused-ring (bicyclic) bond motifs is 3. The lowest BCUT2D eigenvalue weighted by atomic mass is 10.0. The Morgan fingerprint density at radius 2 is 1.54 bits per heavy atom. The molecule has 1 aliphatic rings. The first-order chi connectivity index (χ1) is 18.9. The standard InChI is InChI=1S/C28H31N3O2.C2H2O4/c32-23(20-33-28-12-5-9-25-24(28)15-17-30-25)19-29-16-6-18-31-26-10-3-1-7-21(26)13-14-22-8-2-4-11-27(22)31;3-1(4)2(5)6/h1-5,7-12,15,17,23,29-30,32H,6,13-14,16,18-20H2;(H,3,4)(H,5,6)/t23-;/m0./s1. The second-order valence-corrected chi connectivity index (χ2v) is 9.24. The highest BCUT2D eigenvalue weighted by atomic mass is 16.5. The number of aryl methyl sites for hydroxylation is 2. The number of hydrogen-bond donors (Lipinski definition) is 5. The third-order valence-electron chi connectivity index (χ3n) is 6.51. The largest absolute Gasteiger partial charge is 0.490 e. The van der Waals surface area contributed by atoms with Gasteiger partial charge in [-0.25, -0.2) is 9.59 Å². The van der Waals surface area contributed by atoms with Crippen molar-refractivity contribution in [3.63, 3.8) is 0 Å². The Labute approximate surface area is 226 Å². The van der Waals surface area contributed by atoms with Crippen LogP contribution in [0.2, 0.25) is 0 Å². The number of para-hydroxylation sites is 2. The number of carbonyl (C=O) groups is 2. The van der Waals surface area contributed by atoms with Crippen LogP contribution < -0.4 is 15.0 Å². The van der Waals surface area contributed by atoms with E-state index >= 15 is 0 Å². The maximum absolute atomic E-state index is 10.4. The van der Waals surface area contributed by atoms with Crippen LogP contribution in [-0.4, -0.2) is 64.6 Å². The van der Waals surface area contributed by atoms with Crippen molar-refractivity contribution in [1.29, 1.82) is 0 Å². The highest BCUT2D eigenvalue weighted by Crippen LogP contribution is 2.35. The molecule has 0 saturated carbocycles. The van der Waals surface area contributed by atoms with E-state index in [-0.39, 0.29) is 6.61 Å². The molecule has 204 valence electrons. The van der Waals surface area contributed by atoms with E-state index in [1.165, 1.54) is 22.5 Å². The Balaban J connectivity index is 0.000000531. The van der Waals surface area contributed by atoms with Gasteiger partial charge in [-0.05, 0) is 67.3 Å². The number of anilines is 2. The summed E-state index contributed by atoms with van der Waals surface area (Å²) < 4.78 is 5.87. The fourth-order valence-corrected chi connectivity index (χ4v) is 4.67. The molecule has 1 aliphatic heterocycles. The molecule has 0 unspecified atom stereocenters. The molecule has 5 N–H and O–H groups in total. The third kappa shape index (κ3) is 7.37. The summed E-state index contributed by atoms with van der Waals surface area (Å²) >= 11 is 0. The zero-order valence-electron chi connectivity index (χ0n) is 21.5. The van der Waals surface area contributed by atoms with Gasteiger partial charge in [0.25, 0.3) is 0 Å². The fraction of sp³-hybridized carbons (Fsp3) is 0.267. The first-order valence-electron chi connectivity index (χ1n) is 12.9. The molecule has 0 aliphatic carbocycles. The van der Waals surface area contributed by atoms with Gasteiger partial charge >= 0.3 is 11.9 Å². The van der Waals surface area contributed by atoms with E-state index in [0.29, 0.717) is 6.54 Å². The lowest BCUT2D eigenvalue weighted by Crippen LogP contribution is -2.33. The normalized spacial score (nSPS) is 12.9. The SMILES string of the molecule is O=C(O)C(=O)O.O[C@@H](CNCCCN1c2ccccc2CCc2ccccc21)COc1cccc2[nH]ccc12. The van der Waals surface area contributed by atoms with Gasteiger partial charge in [0.05, 0.1) is 0 Å². The molecule has 3 aromatic carbocycles. The van der Waals surface area contributed by atoms with Gasteiger partial charge in [0.2, 0.25) is 0 Å². The van der Waals surface area contributed by atoms with Crippen LogP contribution in [0.4, 0.5) is 11.4 Å². The fourth-order valence-electron chi connectivity index (χ4n) is 4.67. The van der Waals surface area contributed by atoms with Gasteiger partial charge < -0.3 is 35.3 Å². The molecule has 0 saturated heterocycles. The monoisotopic (exact) mass is 531 g/mol. The van der Waals surface area contributed by atoms with E-state index in [9.17, 15) is 5.11 Å². The number of nitrogens with zero attached hydrogens (tertiary/aromatic N) is 1. The van der Waals surface area contributed by atoms with Crippen LogP contribution in [0, 0.1) is 0 Å². The average Bonchev–Trinajstić information content (AvgIpc) is 3.37. The molecule has 0 spiro atoms. The summed E-state index contributed by atoms with van der Waals surface area (Å²) in [4.78, 5) is 23.8. The zero-order valence-corrected chi connectivity index (χ0v) is 21.5. The Morgan fingerprint density at radius 3 is 2.18 bits per heavy atom. The first-order valence-corrected chi connectivity index (χ1v) is 12.9. The molecule has 5 rings (SSSR count). The summed E-state index contributed by atoms with van der Waals surface area (Å²) in [7, 11) is 0. The minimum absolute atomic E-state index is 0.268. The number of nitrogens with one attached hydrogen (secondary N) is 2. The third-order valence-corrected chi connectivity index (χ3v) is 6.51. The molecule has 0 bridgehead atoms. The van der Waals surface area contributed by atoms with E-state index in [0.717, 1.165) is 49.0 Å². The molecule has 4 aromatic rings. The van der Waals surface area contributed by atoms with Crippen LogP contribution in [-0.2, 0) is 22.4 Å². The van der Waals surface area contributed by atoms with Crippen LogP contribution in [0.25, 0.3) is 10.9 Å². The minimum Gasteiger partial charge on any atom is -0.490 e. The van der Waals surface area contributed by atoms with Crippen molar-refractivity contribution in [2.45, 2.75) is 25.4 Å². The van der Waals surface area contributed by atoms with Crippen LogP contribution in [0.3, 0.4) is 0 Å². The van der Waals surface area contributed by atoms with Crippen LogP contribution in [0.5, 0.6) is 5.75 Å². The molecule has 39 heavy (non-hydrogen) atoms. The summed E-state index contributed by atoms with van der Waals surface area (Å²) in [5.74, 6) is -2.85. The number of ether oxygens (including phenoxy) is 1. The topological polar surface area (TPSA) is 135 Å². The molecular weight excluding hydrogens is 498 g/mol. The van der Waals surface area contributed by atoms with Gasteiger partial charge in [-0.1, -0.05) is 42.5 Å². The number of hydrogen-bond acceptors (Lipinski definition) is 6. The summed E-state index contributed by atoms with van der Waals surface area (Å²) in [6.07, 6.45) is 4.48. The van der Waals surface area contributed by atoms with Crippen molar-refractivity contribution in [3.05, 3.63) is 90.1 Å². The highest BCUT2D eigenvalue weighted by Gasteiger charge is 2.19. The van der Waals surface area contributed by atoms with Crippen molar-refractivity contribution < 1.29 is 29.6 Å². The lowest BCUT2D eigenvalue weighted by Gasteiger charge is -2.27. The number of benzene rings is 3. The van der Waals surface area contributed by atoms with Gasteiger partial charge in [-0.3, -0.25) is 0 Å². The first kappa shape index (κ1) is 27.7. The molecule has 0 fully saturated rings.